The second kappa shape index (κ2) is 7.04. The van der Waals surface area contributed by atoms with Gasteiger partial charge >= 0.3 is 0 Å². The zero-order valence-corrected chi connectivity index (χ0v) is 12.7. The highest BCUT2D eigenvalue weighted by molar-refractivity contribution is 5.90. The van der Waals surface area contributed by atoms with Gasteiger partial charge in [-0.2, -0.15) is 0 Å². The molecule has 116 valence electrons. The maximum atomic E-state index is 12.1. The Morgan fingerprint density at radius 3 is 2.45 bits per heavy atom. The quantitative estimate of drug-likeness (QED) is 0.556. The molecular formula is C14H26N2O4. The van der Waals surface area contributed by atoms with E-state index >= 15 is 0 Å². The van der Waals surface area contributed by atoms with Gasteiger partial charge in [-0.3, -0.25) is 9.59 Å². The van der Waals surface area contributed by atoms with E-state index in [-0.39, 0.29) is 11.8 Å². The molecule has 1 aliphatic rings. The van der Waals surface area contributed by atoms with Crippen LogP contribution in [0.1, 0.15) is 40.5 Å². The number of epoxide rings is 1. The number of ether oxygens (including phenoxy) is 1. The van der Waals surface area contributed by atoms with Crippen LogP contribution in [0.4, 0.5) is 0 Å². The Morgan fingerprint density at radius 2 is 2.00 bits per heavy atom. The molecular weight excluding hydrogens is 260 g/mol. The second-order valence-electron chi connectivity index (χ2n) is 6.37. The summed E-state index contributed by atoms with van der Waals surface area (Å²) in [4.78, 5) is 23.8. The number of hydrogen-bond donors (Lipinski definition) is 3. The standard InChI is InChI=1S/C14H26N2O4/c1-9(2)7-10(16-13(18)11-8-20-11)12(17)15-6-5-14(3,4)19/h9-11,19H,5-8H2,1-4H3,(H,15,17)(H,16,18)/t10-,11-/m0/s1. The van der Waals surface area contributed by atoms with Crippen LogP contribution < -0.4 is 10.6 Å². The highest BCUT2D eigenvalue weighted by Crippen LogP contribution is 2.11. The van der Waals surface area contributed by atoms with Crippen LogP contribution in [-0.4, -0.2) is 47.8 Å². The Morgan fingerprint density at radius 1 is 1.40 bits per heavy atom. The number of nitrogens with one attached hydrogen (secondary N) is 2. The lowest BCUT2D eigenvalue weighted by Gasteiger charge is -2.21. The smallest absolute Gasteiger partial charge is 0.252 e. The van der Waals surface area contributed by atoms with Gasteiger partial charge in [0.2, 0.25) is 5.91 Å². The molecule has 0 unspecified atom stereocenters. The first-order valence-electron chi connectivity index (χ1n) is 7.11. The lowest BCUT2D eigenvalue weighted by Crippen LogP contribution is -2.49. The minimum atomic E-state index is -0.814. The first-order chi connectivity index (χ1) is 9.19. The average molecular weight is 286 g/mol. The average Bonchev–Trinajstić information content (AvgIpc) is 3.08. The van der Waals surface area contributed by atoms with Crippen molar-refractivity contribution in [3.8, 4) is 0 Å². The lowest BCUT2D eigenvalue weighted by molar-refractivity contribution is -0.130. The zero-order valence-electron chi connectivity index (χ0n) is 12.7. The summed E-state index contributed by atoms with van der Waals surface area (Å²) in [5, 5.41) is 15.1. The molecule has 1 fully saturated rings. The van der Waals surface area contributed by atoms with Crippen molar-refractivity contribution in [2.75, 3.05) is 13.2 Å². The molecule has 1 rings (SSSR count). The van der Waals surface area contributed by atoms with Crippen molar-refractivity contribution in [2.24, 2.45) is 5.92 Å². The number of rotatable bonds is 8. The summed E-state index contributed by atoms with van der Waals surface area (Å²) in [5.74, 6) is -0.148. The fourth-order valence-corrected chi connectivity index (χ4v) is 1.78. The van der Waals surface area contributed by atoms with Crippen molar-refractivity contribution in [3.05, 3.63) is 0 Å². The van der Waals surface area contributed by atoms with Crippen LogP contribution in [0.2, 0.25) is 0 Å². The highest BCUT2D eigenvalue weighted by atomic mass is 16.6. The predicted molar refractivity (Wildman–Crippen MR) is 75.1 cm³/mol. The Hall–Kier alpha value is -1.14. The molecule has 6 nitrogen and oxygen atoms in total. The molecule has 0 aromatic carbocycles. The van der Waals surface area contributed by atoms with Gasteiger partial charge in [-0.05, 0) is 32.6 Å². The van der Waals surface area contributed by atoms with E-state index in [9.17, 15) is 14.7 Å². The Kier molecular flexibility index (Phi) is 5.95. The SMILES string of the molecule is CC(C)C[C@H](NC(=O)[C@@H]1CO1)C(=O)NCCC(C)(C)O. The van der Waals surface area contributed by atoms with Crippen LogP contribution in [0, 0.1) is 5.92 Å². The van der Waals surface area contributed by atoms with Gasteiger partial charge in [-0.1, -0.05) is 13.8 Å². The molecule has 1 aliphatic heterocycles. The largest absolute Gasteiger partial charge is 0.390 e. The molecule has 1 saturated heterocycles. The fraction of sp³-hybridized carbons (Fsp3) is 0.857. The molecule has 0 radical (unpaired) electrons. The third-order valence-corrected chi connectivity index (χ3v) is 3.00. The zero-order chi connectivity index (χ0) is 15.3. The summed E-state index contributed by atoms with van der Waals surface area (Å²) in [7, 11) is 0. The van der Waals surface area contributed by atoms with E-state index in [4.69, 9.17) is 4.74 Å². The Balaban J connectivity index is 2.44. The van der Waals surface area contributed by atoms with Crippen LogP contribution in [0.3, 0.4) is 0 Å². The summed E-state index contributed by atoms with van der Waals surface area (Å²) < 4.78 is 4.90. The third-order valence-electron chi connectivity index (χ3n) is 3.00. The summed E-state index contributed by atoms with van der Waals surface area (Å²) in [6.45, 7) is 8.19. The van der Waals surface area contributed by atoms with Crippen molar-refractivity contribution in [3.63, 3.8) is 0 Å². The molecule has 2 atom stereocenters. The molecule has 3 N–H and O–H groups in total. The molecule has 0 aromatic heterocycles. The molecule has 0 saturated carbocycles. The monoisotopic (exact) mass is 286 g/mol. The van der Waals surface area contributed by atoms with E-state index in [0.717, 1.165) is 0 Å². The van der Waals surface area contributed by atoms with Gasteiger partial charge in [0.15, 0.2) is 6.10 Å². The molecule has 20 heavy (non-hydrogen) atoms. The van der Waals surface area contributed by atoms with E-state index in [1.807, 2.05) is 13.8 Å². The number of aliphatic hydroxyl groups is 1. The predicted octanol–water partition coefficient (Wildman–Crippen LogP) is 0.193. The number of hydrogen-bond acceptors (Lipinski definition) is 4. The van der Waals surface area contributed by atoms with Gasteiger partial charge in [0.25, 0.3) is 5.91 Å². The summed E-state index contributed by atoms with van der Waals surface area (Å²) in [5.41, 5.74) is -0.814. The van der Waals surface area contributed by atoms with Crippen LogP contribution in [0.5, 0.6) is 0 Å². The molecule has 6 heteroatoms. The molecule has 0 aliphatic carbocycles. The second-order valence-corrected chi connectivity index (χ2v) is 6.37. The lowest BCUT2D eigenvalue weighted by atomic mass is 10.0. The summed E-state index contributed by atoms with van der Waals surface area (Å²) in [6.07, 6.45) is 0.647. The first-order valence-corrected chi connectivity index (χ1v) is 7.11. The minimum Gasteiger partial charge on any atom is -0.390 e. The van der Waals surface area contributed by atoms with E-state index < -0.39 is 17.7 Å². The normalized spacial score (nSPS) is 19.6. The van der Waals surface area contributed by atoms with E-state index in [0.29, 0.717) is 31.9 Å². The van der Waals surface area contributed by atoms with Crippen LogP contribution in [-0.2, 0) is 14.3 Å². The number of carbonyl (C=O) groups is 2. The van der Waals surface area contributed by atoms with Crippen molar-refractivity contribution in [1.29, 1.82) is 0 Å². The van der Waals surface area contributed by atoms with Gasteiger partial charge in [-0.25, -0.2) is 0 Å². The minimum absolute atomic E-state index is 0.211. The number of carbonyl (C=O) groups excluding carboxylic acids is 2. The molecule has 1 heterocycles. The highest BCUT2D eigenvalue weighted by Gasteiger charge is 2.34. The van der Waals surface area contributed by atoms with Gasteiger partial charge in [0, 0.05) is 6.54 Å². The topological polar surface area (TPSA) is 91.0 Å². The van der Waals surface area contributed by atoms with E-state index in [1.54, 1.807) is 13.8 Å². The summed E-state index contributed by atoms with van der Waals surface area (Å²) in [6, 6.07) is -0.548. The molecule has 0 aromatic rings. The van der Waals surface area contributed by atoms with Crippen LogP contribution >= 0.6 is 0 Å². The Bertz CT molecular complexity index is 346. The van der Waals surface area contributed by atoms with Gasteiger partial charge in [0.05, 0.1) is 12.2 Å². The third kappa shape index (κ3) is 6.86. The van der Waals surface area contributed by atoms with E-state index in [1.165, 1.54) is 0 Å². The van der Waals surface area contributed by atoms with Crippen molar-refractivity contribution in [2.45, 2.75) is 58.3 Å². The van der Waals surface area contributed by atoms with E-state index in [2.05, 4.69) is 10.6 Å². The molecule has 2 amide bonds. The fourth-order valence-electron chi connectivity index (χ4n) is 1.78. The number of amides is 2. The van der Waals surface area contributed by atoms with Gasteiger partial charge in [-0.15, -0.1) is 0 Å². The van der Waals surface area contributed by atoms with Crippen LogP contribution in [0.25, 0.3) is 0 Å². The van der Waals surface area contributed by atoms with Crippen molar-refractivity contribution >= 4 is 11.8 Å². The van der Waals surface area contributed by atoms with Crippen molar-refractivity contribution in [1.82, 2.24) is 10.6 Å². The van der Waals surface area contributed by atoms with Gasteiger partial charge < -0.3 is 20.5 Å². The Labute approximate surface area is 120 Å². The maximum Gasteiger partial charge on any atom is 0.252 e. The maximum absolute atomic E-state index is 12.1. The first kappa shape index (κ1) is 16.9. The summed E-state index contributed by atoms with van der Waals surface area (Å²) >= 11 is 0. The van der Waals surface area contributed by atoms with Crippen LogP contribution in [0.15, 0.2) is 0 Å². The van der Waals surface area contributed by atoms with Crippen molar-refractivity contribution < 1.29 is 19.4 Å². The van der Waals surface area contributed by atoms with Gasteiger partial charge in [0.1, 0.15) is 6.04 Å². The molecule has 0 spiro atoms. The molecule has 0 bridgehead atoms.